The number of benzene rings is 1. The summed E-state index contributed by atoms with van der Waals surface area (Å²) in [6, 6.07) is 9.02. The lowest BCUT2D eigenvalue weighted by Gasteiger charge is -2.43. The second-order valence-corrected chi connectivity index (χ2v) is 9.68. The maximum absolute atomic E-state index is 12.4. The van der Waals surface area contributed by atoms with E-state index in [4.69, 9.17) is 14.7 Å². The van der Waals surface area contributed by atoms with Gasteiger partial charge in [-0.2, -0.15) is 5.26 Å². The molecule has 0 amide bonds. The van der Waals surface area contributed by atoms with E-state index in [1.165, 1.54) is 6.08 Å². The lowest BCUT2D eigenvalue weighted by molar-refractivity contribution is -0.166. The van der Waals surface area contributed by atoms with Crippen LogP contribution in [0.15, 0.2) is 30.3 Å². The highest BCUT2D eigenvalue weighted by Crippen LogP contribution is 2.47. The fraction of sp³-hybridized carbons (Fsp3) is 0.560. The molecule has 0 aliphatic carbocycles. The molecule has 0 radical (unpaired) electrons. The van der Waals surface area contributed by atoms with E-state index >= 15 is 0 Å². The van der Waals surface area contributed by atoms with Gasteiger partial charge in [-0.05, 0) is 47.9 Å². The summed E-state index contributed by atoms with van der Waals surface area (Å²) < 4.78 is 10.3. The summed E-state index contributed by atoms with van der Waals surface area (Å²) >= 11 is 0. The van der Waals surface area contributed by atoms with Gasteiger partial charge in [0.1, 0.15) is 12.9 Å². The number of carbonyl (C=O) groups excluding carboxylic acids is 2. The largest absolute Gasteiger partial charge is 0.463 e. The van der Waals surface area contributed by atoms with Crippen LogP contribution < -0.4 is 0 Å². The van der Waals surface area contributed by atoms with Crippen LogP contribution in [0.2, 0.25) is 0 Å². The Kier molecular flexibility index (Phi) is 11.3. The molecule has 1 rings (SSSR count). The first-order valence-electron chi connectivity index (χ1n) is 10.1. The molecule has 5 nitrogen and oxygen atoms in total. The SMILES string of the molecule is COCCOC(=O)C(C)(CC(C)(C)C)C(C)(C)C.N#Cc1ccc(/C=C/C=O)cc1. The van der Waals surface area contributed by atoms with Gasteiger partial charge in [0, 0.05) is 7.11 Å². The minimum Gasteiger partial charge on any atom is -0.463 e. The zero-order chi connectivity index (χ0) is 23.4. The Balaban J connectivity index is 0.000000604. The van der Waals surface area contributed by atoms with Crippen molar-refractivity contribution in [2.75, 3.05) is 20.3 Å². The van der Waals surface area contributed by atoms with E-state index in [1.807, 2.05) is 13.0 Å². The van der Waals surface area contributed by atoms with Crippen molar-refractivity contribution in [1.82, 2.24) is 0 Å². The molecule has 1 aromatic carbocycles. The van der Waals surface area contributed by atoms with Crippen molar-refractivity contribution in [3.8, 4) is 6.07 Å². The Morgan fingerprint density at radius 2 is 1.60 bits per heavy atom. The summed E-state index contributed by atoms with van der Waals surface area (Å²) in [6.07, 6.45) is 4.63. The average Bonchev–Trinajstić information content (AvgIpc) is 2.65. The van der Waals surface area contributed by atoms with Gasteiger partial charge in [0.25, 0.3) is 0 Å². The number of hydrogen-bond donors (Lipinski definition) is 0. The molecule has 1 aromatic rings. The van der Waals surface area contributed by atoms with Crippen LogP contribution in [0.3, 0.4) is 0 Å². The molecule has 0 spiro atoms. The van der Waals surface area contributed by atoms with Crippen LogP contribution in [0.25, 0.3) is 6.08 Å². The summed E-state index contributed by atoms with van der Waals surface area (Å²) in [5.41, 5.74) is 1.01. The molecule has 0 aliphatic rings. The normalized spacial score (nSPS) is 13.6. The van der Waals surface area contributed by atoms with Crippen molar-refractivity contribution in [2.24, 2.45) is 16.2 Å². The van der Waals surface area contributed by atoms with E-state index in [0.29, 0.717) is 18.8 Å². The number of nitriles is 1. The minimum absolute atomic E-state index is 0.0856. The number of methoxy groups -OCH3 is 1. The smallest absolute Gasteiger partial charge is 0.312 e. The van der Waals surface area contributed by atoms with Crippen LogP contribution in [0, 0.1) is 27.6 Å². The van der Waals surface area contributed by atoms with Crippen molar-refractivity contribution in [1.29, 1.82) is 5.26 Å². The van der Waals surface area contributed by atoms with Gasteiger partial charge in [0.05, 0.1) is 23.7 Å². The third-order valence-corrected chi connectivity index (χ3v) is 4.92. The minimum atomic E-state index is -0.487. The van der Waals surface area contributed by atoms with E-state index in [0.717, 1.165) is 18.3 Å². The molecule has 1 unspecified atom stereocenters. The maximum atomic E-state index is 12.4. The van der Waals surface area contributed by atoms with Gasteiger partial charge in [-0.3, -0.25) is 9.59 Å². The molecule has 0 aromatic heterocycles. The quantitative estimate of drug-likeness (QED) is 0.257. The Labute approximate surface area is 182 Å². The first kappa shape index (κ1) is 27.5. The highest BCUT2D eigenvalue weighted by molar-refractivity contribution is 5.77. The van der Waals surface area contributed by atoms with Gasteiger partial charge in [0.15, 0.2) is 0 Å². The third kappa shape index (κ3) is 9.84. The molecule has 5 heteroatoms. The predicted molar refractivity (Wildman–Crippen MR) is 121 cm³/mol. The van der Waals surface area contributed by atoms with E-state index in [2.05, 4.69) is 41.5 Å². The number of allylic oxidation sites excluding steroid dienone is 1. The number of esters is 1. The Bertz CT molecular complexity index is 730. The maximum Gasteiger partial charge on any atom is 0.312 e. The monoisotopic (exact) mass is 415 g/mol. The van der Waals surface area contributed by atoms with Gasteiger partial charge in [-0.25, -0.2) is 0 Å². The number of ether oxygens (including phenoxy) is 2. The molecular formula is C25H37NO4. The second-order valence-electron chi connectivity index (χ2n) is 9.68. The summed E-state index contributed by atoms with van der Waals surface area (Å²) in [6.45, 7) is 15.5. The number of carbonyl (C=O) groups is 2. The van der Waals surface area contributed by atoms with Gasteiger partial charge in [-0.1, -0.05) is 59.8 Å². The summed E-state index contributed by atoms with van der Waals surface area (Å²) in [5, 5.41) is 8.48. The first-order valence-corrected chi connectivity index (χ1v) is 10.1. The number of nitrogens with zero attached hydrogens (tertiary/aromatic N) is 1. The van der Waals surface area contributed by atoms with Crippen molar-refractivity contribution >= 4 is 18.3 Å². The van der Waals surface area contributed by atoms with Crippen LogP contribution in [0.5, 0.6) is 0 Å². The molecule has 166 valence electrons. The van der Waals surface area contributed by atoms with Crippen molar-refractivity contribution in [3.05, 3.63) is 41.5 Å². The van der Waals surface area contributed by atoms with Crippen molar-refractivity contribution in [3.63, 3.8) is 0 Å². The zero-order valence-corrected chi connectivity index (χ0v) is 19.7. The van der Waals surface area contributed by atoms with Crippen LogP contribution >= 0.6 is 0 Å². The first-order chi connectivity index (χ1) is 13.8. The third-order valence-electron chi connectivity index (χ3n) is 4.92. The van der Waals surface area contributed by atoms with Gasteiger partial charge in [-0.15, -0.1) is 0 Å². The predicted octanol–water partition coefficient (Wildman–Crippen LogP) is 5.43. The van der Waals surface area contributed by atoms with Crippen LogP contribution in [-0.2, 0) is 19.1 Å². The zero-order valence-electron chi connectivity index (χ0n) is 19.7. The summed E-state index contributed by atoms with van der Waals surface area (Å²) in [4.78, 5) is 22.3. The van der Waals surface area contributed by atoms with E-state index in [1.54, 1.807) is 37.5 Å². The van der Waals surface area contributed by atoms with Gasteiger partial charge >= 0.3 is 5.97 Å². The molecule has 0 bridgehead atoms. The standard InChI is InChI=1S/C15H30O3.C10H7NO/c1-13(2,3)11-15(7,14(4,5)6)12(16)18-10-9-17-8;11-8-10-5-3-9(4-6-10)2-1-7-12/h9-11H2,1-8H3;1-7H/b;2-1+. The highest BCUT2D eigenvalue weighted by atomic mass is 16.6. The Hall–Kier alpha value is -2.45. The van der Waals surface area contributed by atoms with E-state index in [-0.39, 0.29) is 16.8 Å². The topological polar surface area (TPSA) is 76.4 Å². The fourth-order valence-electron chi connectivity index (χ4n) is 2.90. The van der Waals surface area contributed by atoms with E-state index < -0.39 is 5.41 Å². The lowest BCUT2D eigenvalue weighted by Crippen LogP contribution is -2.44. The number of rotatable bonds is 7. The second kappa shape index (κ2) is 12.3. The van der Waals surface area contributed by atoms with E-state index in [9.17, 15) is 9.59 Å². The molecule has 0 heterocycles. The van der Waals surface area contributed by atoms with Crippen LogP contribution in [-0.4, -0.2) is 32.6 Å². The average molecular weight is 416 g/mol. The van der Waals surface area contributed by atoms with Gasteiger partial charge in [0.2, 0.25) is 0 Å². The molecule has 0 N–H and O–H groups in total. The van der Waals surface area contributed by atoms with Crippen molar-refractivity contribution < 1.29 is 19.1 Å². The highest BCUT2D eigenvalue weighted by Gasteiger charge is 2.47. The summed E-state index contributed by atoms with van der Waals surface area (Å²) in [7, 11) is 1.60. The Morgan fingerprint density at radius 3 is 2.00 bits per heavy atom. The molecule has 1 atom stereocenters. The molecule has 0 aliphatic heterocycles. The fourth-order valence-corrected chi connectivity index (χ4v) is 2.90. The number of aldehydes is 1. The molecule has 0 saturated carbocycles. The molecule has 0 fully saturated rings. The van der Waals surface area contributed by atoms with Gasteiger partial charge < -0.3 is 9.47 Å². The molecule has 0 saturated heterocycles. The summed E-state index contributed by atoms with van der Waals surface area (Å²) in [5.74, 6) is -0.123. The molecule has 30 heavy (non-hydrogen) atoms. The number of hydrogen-bond acceptors (Lipinski definition) is 5. The Morgan fingerprint density at radius 1 is 1.03 bits per heavy atom. The van der Waals surface area contributed by atoms with Crippen LogP contribution in [0.4, 0.5) is 0 Å². The van der Waals surface area contributed by atoms with Crippen LogP contribution in [0.1, 0.15) is 66.0 Å². The lowest BCUT2D eigenvalue weighted by atomic mass is 9.61. The molecular weight excluding hydrogens is 378 g/mol. The van der Waals surface area contributed by atoms with Crippen molar-refractivity contribution in [2.45, 2.75) is 54.9 Å².